The van der Waals surface area contributed by atoms with Gasteiger partial charge in [0.25, 0.3) is 0 Å². The summed E-state index contributed by atoms with van der Waals surface area (Å²) in [5, 5.41) is 11.8. The maximum absolute atomic E-state index is 13.1. The molecule has 1 saturated heterocycles. The molecule has 4 N–H and O–H groups in total. The second-order valence-electron chi connectivity index (χ2n) is 6.29. The first-order chi connectivity index (χ1) is 12.4. The molecule has 3 unspecified atom stereocenters. The van der Waals surface area contributed by atoms with Crippen molar-refractivity contribution in [3.8, 4) is 0 Å². The second-order valence-corrected chi connectivity index (χ2v) is 6.29. The number of carbonyl (C=O) groups is 2. The second kappa shape index (κ2) is 7.67. The molecular formula is C18H20FN3O4. The van der Waals surface area contributed by atoms with E-state index in [1.807, 2.05) is 19.1 Å². The van der Waals surface area contributed by atoms with Gasteiger partial charge in [-0.3, -0.25) is 9.59 Å². The number of halogens is 1. The number of benzene rings is 1. The summed E-state index contributed by atoms with van der Waals surface area (Å²) in [6.45, 7) is 1.84. The van der Waals surface area contributed by atoms with Gasteiger partial charge in [-0.05, 0) is 43.2 Å². The highest BCUT2D eigenvalue weighted by atomic mass is 19.1. The van der Waals surface area contributed by atoms with Crippen LogP contribution < -0.4 is 16.2 Å². The molecule has 8 heteroatoms. The van der Waals surface area contributed by atoms with Crippen LogP contribution >= 0.6 is 0 Å². The standard InChI is InChI=1S/C18H20FN3O4/c1-10-2-7-16(26-10)14-8-15(22-21-14)18(25)20-13(9-17(23)24)11-3-5-12(19)6-4-11/h2-7,13-15,21-22H,8-9H2,1H3,(H,20,25)(H,23,24). The minimum Gasteiger partial charge on any atom is -0.481 e. The number of hydrogen-bond acceptors (Lipinski definition) is 5. The lowest BCUT2D eigenvalue weighted by Gasteiger charge is -2.19. The number of carbonyl (C=O) groups excluding carboxylic acids is 1. The lowest BCUT2D eigenvalue weighted by Crippen LogP contribution is -2.44. The zero-order chi connectivity index (χ0) is 18.7. The van der Waals surface area contributed by atoms with Crippen molar-refractivity contribution in [1.29, 1.82) is 0 Å². The number of hydrazine groups is 1. The SMILES string of the molecule is Cc1ccc(C2CC(C(=O)NC(CC(=O)O)c3ccc(F)cc3)NN2)o1. The van der Waals surface area contributed by atoms with E-state index in [1.165, 1.54) is 24.3 Å². The maximum Gasteiger partial charge on any atom is 0.305 e. The fraction of sp³-hybridized carbons (Fsp3) is 0.333. The summed E-state index contributed by atoms with van der Waals surface area (Å²) >= 11 is 0. The summed E-state index contributed by atoms with van der Waals surface area (Å²) < 4.78 is 18.7. The predicted molar refractivity (Wildman–Crippen MR) is 90.4 cm³/mol. The van der Waals surface area contributed by atoms with Crippen molar-refractivity contribution in [2.45, 2.75) is 37.9 Å². The van der Waals surface area contributed by atoms with Gasteiger partial charge in [0.1, 0.15) is 23.4 Å². The number of carboxylic acid groups (broad SMARTS) is 1. The molecule has 1 amide bonds. The van der Waals surface area contributed by atoms with E-state index in [2.05, 4.69) is 16.2 Å². The highest BCUT2D eigenvalue weighted by Gasteiger charge is 2.33. The molecule has 0 aliphatic carbocycles. The van der Waals surface area contributed by atoms with Crippen molar-refractivity contribution in [2.75, 3.05) is 0 Å². The van der Waals surface area contributed by atoms with Crippen LogP contribution in [-0.4, -0.2) is 23.0 Å². The van der Waals surface area contributed by atoms with Crippen LogP contribution in [0.15, 0.2) is 40.8 Å². The number of rotatable bonds is 6. The van der Waals surface area contributed by atoms with Gasteiger partial charge < -0.3 is 14.8 Å². The van der Waals surface area contributed by atoms with E-state index in [1.54, 1.807) is 0 Å². The molecule has 1 aliphatic heterocycles. The smallest absolute Gasteiger partial charge is 0.305 e. The number of aryl methyl sites for hydroxylation is 1. The Hall–Kier alpha value is -2.71. The van der Waals surface area contributed by atoms with Crippen molar-refractivity contribution < 1.29 is 23.5 Å². The van der Waals surface area contributed by atoms with Gasteiger partial charge in [0, 0.05) is 0 Å². The van der Waals surface area contributed by atoms with Gasteiger partial charge in [0.2, 0.25) is 5.91 Å². The highest BCUT2D eigenvalue weighted by molar-refractivity contribution is 5.83. The van der Waals surface area contributed by atoms with Crippen molar-refractivity contribution in [2.24, 2.45) is 0 Å². The number of carboxylic acids is 1. The van der Waals surface area contributed by atoms with Crippen LogP contribution in [0.2, 0.25) is 0 Å². The first-order valence-corrected chi connectivity index (χ1v) is 8.27. The third kappa shape index (κ3) is 4.27. The fourth-order valence-electron chi connectivity index (χ4n) is 2.95. The summed E-state index contributed by atoms with van der Waals surface area (Å²) in [4.78, 5) is 23.7. The van der Waals surface area contributed by atoms with E-state index in [-0.39, 0.29) is 18.4 Å². The van der Waals surface area contributed by atoms with E-state index >= 15 is 0 Å². The molecule has 1 aromatic carbocycles. The molecule has 0 spiro atoms. The van der Waals surface area contributed by atoms with Crippen molar-refractivity contribution >= 4 is 11.9 Å². The van der Waals surface area contributed by atoms with Gasteiger partial charge in [0.15, 0.2) is 0 Å². The molecule has 3 atom stereocenters. The molecule has 2 aromatic rings. The molecule has 1 aromatic heterocycles. The third-order valence-electron chi connectivity index (χ3n) is 4.29. The molecule has 2 heterocycles. The normalized spacial score (nSPS) is 20.7. The molecule has 1 aliphatic rings. The lowest BCUT2D eigenvalue weighted by atomic mass is 10.0. The molecule has 0 bridgehead atoms. The summed E-state index contributed by atoms with van der Waals surface area (Å²) in [5.74, 6) is -0.300. The summed E-state index contributed by atoms with van der Waals surface area (Å²) in [6.07, 6.45) is 0.167. The maximum atomic E-state index is 13.1. The third-order valence-corrected chi connectivity index (χ3v) is 4.29. The molecule has 0 saturated carbocycles. The minimum atomic E-state index is -1.05. The number of amides is 1. The molecule has 3 rings (SSSR count). The van der Waals surface area contributed by atoms with Crippen molar-refractivity contribution in [3.05, 3.63) is 59.3 Å². The Balaban J connectivity index is 1.66. The monoisotopic (exact) mass is 361 g/mol. The molecule has 0 radical (unpaired) electrons. The van der Waals surface area contributed by atoms with E-state index in [0.29, 0.717) is 12.0 Å². The average Bonchev–Trinajstić information content (AvgIpc) is 3.23. The Morgan fingerprint density at radius 2 is 2.00 bits per heavy atom. The fourth-order valence-corrected chi connectivity index (χ4v) is 2.95. The van der Waals surface area contributed by atoms with Gasteiger partial charge in [-0.15, -0.1) is 0 Å². The molecular weight excluding hydrogens is 341 g/mol. The van der Waals surface area contributed by atoms with Crippen molar-refractivity contribution in [1.82, 2.24) is 16.2 Å². The van der Waals surface area contributed by atoms with Crippen LogP contribution in [-0.2, 0) is 9.59 Å². The zero-order valence-corrected chi connectivity index (χ0v) is 14.2. The number of nitrogens with one attached hydrogen (secondary N) is 3. The molecule has 7 nitrogen and oxygen atoms in total. The van der Waals surface area contributed by atoms with Gasteiger partial charge >= 0.3 is 5.97 Å². The van der Waals surface area contributed by atoms with Crippen LogP contribution in [0.25, 0.3) is 0 Å². The van der Waals surface area contributed by atoms with Crippen LogP contribution in [0.3, 0.4) is 0 Å². The molecule has 1 fully saturated rings. The highest BCUT2D eigenvalue weighted by Crippen LogP contribution is 2.25. The minimum absolute atomic E-state index is 0.150. The summed E-state index contributed by atoms with van der Waals surface area (Å²) in [6, 6.07) is 7.68. The Morgan fingerprint density at radius 3 is 2.62 bits per heavy atom. The van der Waals surface area contributed by atoms with Gasteiger partial charge in [-0.1, -0.05) is 12.1 Å². The van der Waals surface area contributed by atoms with Crippen LogP contribution in [0.4, 0.5) is 4.39 Å². The number of aliphatic carboxylic acids is 1. The largest absolute Gasteiger partial charge is 0.481 e. The van der Waals surface area contributed by atoms with Crippen LogP contribution in [0.5, 0.6) is 0 Å². The first-order valence-electron chi connectivity index (χ1n) is 8.27. The van der Waals surface area contributed by atoms with E-state index in [9.17, 15) is 14.0 Å². The Labute approximate surface area is 149 Å². The predicted octanol–water partition coefficient (Wildman–Crippen LogP) is 1.97. The first kappa shape index (κ1) is 18.1. The van der Waals surface area contributed by atoms with E-state index in [0.717, 1.165) is 11.5 Å². The number of furan rings is 1. The summed E-state index contributed by atoms with van der Waals surface area (Å²) in [7, 11) is 0. The topological polar surface area (TPSA) is 104 Å². The van der Waals surface area contributed by atoms with E-state index < -0.39 is 23.9 Å². The zero-order valence-electron chi connectivity index (χ0n) is 14.2. The molecule has 26 heavy (non-hydrogen) atoms. The average molecular weight is 361 g/mol. The Morgan fingerprint density at radius 1 is 1.27 bits per heavy atom. The van der Waals surface area contributed by atoms with E-state index in [4.69, 9.17) is 9.52 Å². The summed E-state index contributed by atoms with van der Waals surface area (Å²) in [5.41, 5.74) is 6.45. The Kier molecular flexibility index (Phi) is 5.34. The van der Waals surface area contributed by atoms with Crippen LogP contribution in [0.1, 0.15) is 42.0 Å². The molecule has 138 valence electrons. The van der Waals surface area contributed by atoms with Crippen LogP contribution in [0, 0.1) is 12.7 Å². The van der Waals surface area contributed by atoms with Crippen molar-refractivity contribution in [3.63, 3.8) is 0 Å². The quantitative estimate of drug-likeness (QED) is 0.627. The van der Waals surface area contributed by atoms with Gasteiger partial charge in [-0.25, -0.2) is 15.2 Å². The number of hydrogen-bond donors (Lipinski definition) is 4. The van der Waals surface area contributed by atoms with Gasteiger partial charge in [-0.2, -0.15) is 0 Å². The Bertz CT molecular complexity index is 790. The van der Waals surface area contributed by atoms with Gasteiger partial charge in [0.05, 0.1) is 18.5 Å². The lowest BCUT2D eigenvalue weighted by molar-refractivity contribution is -0.137.